The lowest BCUT2D eigenvalue weighted by atomic mass is 9.86. The number of amides is 2. The fraction of sp³-hybridized carbons (Fsp3) is 0.356. The van der Waals surface area contributed by atoms with Crippen LogP contribution in [0.5, 0.6) is 11.8 Å². The van der Waals surface area contributed by atoms with Gasteiger partial charge in [-0.05, 0) is 79.9 Å². The molecule has 19 nitrogen and oxygen atoms in total. The zero-order valence-electron chi connectivity index (χ0n) is 44.0. The number of hydrogen-bond acceptors (Lipinski definition) is 16. The number of alkyl halides is 1. The number of halogens is 4. The molecule has 2 amide bonds. The van der Waals surface area contributed by atoms with Gasteiger partial charge in [-0.25, -0.2) is 32.1 Å². The Bertz CT molecular complexity index is 4080. The van der Waals surface area contributed by atoms with E-state index in [1.807, 2.05) is 4.90 Å². The van der Waals surface area contributed by atoms with Crippen LogP contribution in [-0.4, -0.2) is 131 Å². The van der Waals surface area contributed by atoms with Crippen LogP contribution < -0.4 is 20.5 Å². The molecule has 4 aromatic heterocycles. The fourth-order valence-electron chi connectivity index (χ4n) is 13.3. The van der Waals surface area contributed by atoms with Crippen LogP contribution in [0.1, 0.15) is 73.3 Å². The summed E-state index contributed by atoms with van der Waals surface area (Å²) >= 11 is 0. The second-order valence-electron chi connectivity index (χ2n) is 21.9. The number of nitrogens with one attached hydrogen (secondary N) is 1. The molecule has 4 N–H and O–H groups in total. The molecule has 420 valence electrons. The highest BCUT2D eigenvalue weighted by Crippen LogP contribution is 2.45. The summed E-state index contributed by atoms with van der Waals surface area (Å²) in [7, 11) is 0. The van der Waals surface area contributed by atoms with Crippen LogP contribution in [0.25, 0.3) is 55.2 Å². The van der Waals surface area contributed by atoms with Crippen molar-refractivity contribution in [2.45, 2.75) is 94.6 Å². The number of cyclic esters (lactones) is 1. The fourth-order valence-corrected chi connectivity index (χ4v) is 13.3. The highest BCUT2D eigenvalue weighted by Gasteiger charge is 2.50. The first-order valence-electron chi connectivity index (χ1n) is 26.8. The van der Waals surface area contributed by atoms with E-state index in [4.69, 9.17) is 25.6 Å². The molecule has 3 aromatic carbocycles. The highest BCUT2D eigenvalue weighted by atomic mass is 19.1. The molecule has 5 atom stereocenters. The summed E-state index contributed by atoms with van der Waals surface area (Å²) in [6.07, 6.45) is 7.80. The highest BCUT2D eigenvalue weighted by molar-refractivity contribution is 6.03. The first-order valence-corrected chi connectivity index (χ1v) is 26.8. The quantitative estimate of drug-likeness (QED) is 0.0453. The van der Waals surface area contributed by atoms with Crippen molar-refractivity contribution in [3.05, 3.63) is 116 Å². The van der Waals surface area contributed by atoms with Crippen LogP contribution in [0, 0.1) is 29.8 Å². The lowest BCUT2D eigenvalue weighted by Gasteiger charge is -2.42. The van der Waals surface area contributed by atoms with Gasteiger partial charge in [-0.1, -0.05) is 25.5 Å². The summed E-state index contributed by atoms with van der Waals surface area (Å²) in [6.45, 7) is 5.40. The van der Waals surface area contributed by atoms with Gasteiger partial charge in [-0.2, -0.15) is 9.97 Å². The van der Waals surface area contributed by atoms with Crippen molar-refractivity contribution >= 4 is 62.1 Å². The largest absolute Gasteiger partial charge is 0.508 e. The number of pyridine rings is 3. The molecule has 10 heterocycles. The van der Waals surface area contributed by atoms with Crippen molar-refractivity contribution in [1.29, 1.82) is 0 Å². The minimum atomic E-state index is -2.07. The summed E-state index contributed by atoms with van der Waals surface area (Å²) in [5, 5.41) is 36.0. The first-order chi connectivity index (χ1) is 39.4. The van der Waals surface area contributed by atoms with E-state index in [9.17, 15) is 38.9 Å². The Balaban J connectivity index is 0.736. The number of terminal acetylenes is 1. The number of ether oxygens (including phenoxy) is 3. The van der Waals surface area contributed by atoms with Gasteiger partial charge in [-0.15, -0.1) is 6.42 Å². The molecule has 2 bridgehead atoms. The van der Waals surface area contributed by atoms with Gasteiger partial charge in [0.15, 0.2) is 11.4 Å². The van der Waals surface area contributed by atoms with Crippen molar-refractivity contribution < 1.29 is 61.5 Å². The number of carbonyl (C=O) groups excluding carboxylic acids is 3. The summed E-state index contributed by atoms with van der Waals surface area (Å²) < 4.78 is 81.5. The molecule has 4 fully saturated rings. The number of anilines is 2. The van der Waals surface area contributed by atoms with Gasteiger partial charge in [0, 0.05) is 71.4 Å². The predicted molar refractivity (Wildman–Crippen MR) is 289 cm³/mol. The molecule has 0 saturated carbocycles. The Labute approximate surface area is 463 Å². The van der Waals surface area contributed by atoms with Crippen molar-refractivity contribution in [3.8, 4) is 46.7 Å². The Morgan fingerprint density at radius 2 is 1.79 bits per heavy atom. The zero-order valence-corrected chi connectivity index (χ0v) is 44.0. The third-order valence-corrected chi connectivity index (χ3v) is 17.3. The van der Waals surface area contributed by atoms with Crippen LogP contribution in [-0.2, 0) is 44.4 Å². The number of aliphatic hydroxyl groups excluding tert-OH is 1. The topological polar surface area (TPSA) is 235 Å². The van der Waals surface area contributed by atoms with Crippen LogP contribution >= 0.6 is 0 Å². The molecule has 6 aliphatic heterocycles. The van der Waals surface area contributed by atoms with Gasteiger partial charge in [0.25, 0.3) is 11.5 Å². The average molecular weight is 1120 g/mol. The number of benzene rings is 3. The van der Waals surface area contributed by atoms with E-state index < -0.39 is 83.6 Å². The molecular weight excluding hydrogens is 1070 g/mol. The maximum atomic E-state index is 17.4. The third kappa shape index (κ3) is 8.19. The van der Waals surface area contributed by atoms with Crippen LogP contribution in [0.2, 0.25) is 0 Å². The molecule has 23 heteroatoms. The van der Waals surface area contributed by atoms with Crippen molar-refractivity contribution in [1.82, 2.24) is 34.3 Å². The molecule has 0 spiro atoms. The molecule has 82 heavy (non-hydrogen) atoms. The van der Waals surface area contributed by atoms with Gasteiger partial charge >= 0.3 is 18.1 Å². The summed E-state index contributed by atoms with van der Waals surface area (Å²) in [5.74, 6) is -1.62. The van der Waals surface area contributed by atoms with Crippen molar-refractivity contribution in [2.24, 2.45) is 0 Å². The molecule has 4 saturated heterocycles. The normalized spacial score (nSPS) is 22.5. The van der Waals surface area contributed by atoms with Gasteiger partial charge in [0.2, 0.25) is 0 Å². The number of phenols is 1. The van der Waals surface area contributed by atoms with Gasteiger partial charge in [0.05, 0.1) is 69.9 Å². The van der Waals surface area contributed by atoms with E-state index in [-0.39, 0.29) is 153 Å². The zero-order chi connectivity index (χ0) is 57.3. The second-order valence-corrected chi connectivity index (χ2v) is 21.9. The molecule has 5 unspecified atom stereocenters. The van der Waals surface area contributed by atoms with E-state index in [2.05, 4.69) is 37.7 Å². The summed E-state index contributed by atoms with van der Waals surface area (Å²) in [5.41, 5.74) is -2.73. The Kier molecular flexibility index (Phi) is 12.5. The number of fused-ring (bicyclic) bond motifs is 10. The maximum absolute atomic E-state index is 17.4. The standard InChI is InChI=1S/C59H51F4N9O10/c1-4-34-42(61)10-7-29-13-33(74)14-36(47(29)34)50-48(63)51-37(19-64-50)52(68-56(67-51)82-27-58-11-6-12-70(58)20-30(60)18-58)69-21-31-8-9-32(22-69)72(31)53(75)28(3)25-81-57(78)66-45-15-35-39(24-73)38-23-71-46(49(38)65-44(35)17-43(45)62)16-41-40(54(71)76)26-80-55(77)59(41,79)5-2/h1,7,10,13-17,19,30-32,73-74,79H,3,5-6,8-9,11-12,18,20-27H2,2H3,(H,66,78). The van der Waals surface area contributed by atoms with E-state index in [0.717, 1.165) is 18.6 Å². The Morgan fingerprint density at radius 3 is 2.55 bits per heavy atom. The number of nitrogens with zero attached hydrogens (tertiary/aromatic N) is 8. The number of phenolic OH excluding ortho intramolecular Hbond substituents is 1. The molecule has 6 aliphatic rings. The van der Waals surface area contributed by atoms with Crippen molar-refractivity contribution in [2.75, 3.05) is 49.6 Å². The number of hydrogen-bond donors (Lipinski definition) is 4. The minimum Gasteiger partial charge on any atom is -0.508 e. The maximum Gasteiger partial charge on any atom is 0.412 e. The first kappa shape index (κ1) is 52.6. The van der Waals surface area contributed by atoms with Crippen LogP contribution in [0.3, 0.4) is 0 Å². The number of aliphatic hydroxyl groups is 2. The number of aromatic hydroxyl groups is 1. The molecule has 0 aliphatic carbocycles. The summed E-state index contributed by atoms with van der Waals surface area (Å²) in [6, 6.07) is 7.97. The van der Waals surface area contributed by atoms with Gasteiger partial charge < -0.3 is 43.9 Å². The average Bonchev–Trinajstić information content (AvgIpc) is 2.51. The minimum absolute atomic E-state index is 0.0208. The molecule has 13 rings (SSSR count). The Morgan fingerprint density at radius 1 is 1.00 bits per heavy atom. The number of carbonyl (C=O) groups is 3. The van der Waals surface area contributed by atoms with E-state index in [0.29, 0.717) is 36.8 Å². The van der Waals surface area contributed by atoms with Crippen LogP contribution in [0.4, 0.5) is 33.9 Å². The monoisotopic (exact) mass is 1120 g/mol. The van der Waals surface area contributed by atoms with Gasteiger partial charge in [0.1, 0.15) is 60.4 Å². The van der Waals surface area contributed by atoms with E-state index in [1.54, 1.807) is 11.8 Å². The molecule has 0 radical (unpaired) electrons. The lowest BCUT2D eigenvalue weighted by Crippen LogP contribution is -2.56. The summed E-state index contributed by atoms with van der Waals surface area (Å²) in [4.78, 5) is 78.1. The SMILES string of the molecule is C#Cc1c(F)ccc2cc(O)cc(-c3ncc4c(N5CC6CCC(C5)N6C(=O)C(=C)COC(=O)Nc5cc6c(CO)c7c(nc6cc5F)-c5cc6c(c(=O)n5C7)COC(=O)C6(O)CC)nc(OCC56CCCN5CC(F)C6)nc4c3F)c12. The number of aromatic nitrogens is 5. The number of esters is 1. The van der Waals surface area contributed by atoms with Crippen molar-refractivity contribution in [3.63, 3.8) is 0 Å². The number of piperazine rings is 1. The van der Waals surface area contributed by atoms with E-state index in [1.165, 1.54) is 41.1 Å². The van der Waals surface area contributed by atoms with Crippen LogP contribution in [0.15, 0.2) is 65.6 Å². The predicted octanol–water partition coefficient (Wildman–Crippen LogP) is 6.77. The second kappa shape index (κ2) is 19.5. The third-order valence-electron chi connectivity index (χ3n) is 17.3. The Hall–Kier alpha value is -8.72. The number of rotatable bonds is 11. The van der Waals surface area contributed by atoms with Gasteiger partial charge in [-0.3, -0.25) is 24.8 Å². The lowest BCUT2D eigenvalue weighted by molar-refractivity contribution is -0.172. The molecular formula is C59H51F4N9O10. The smallest absolute Gasteiger partial charge is 0.412 e. The van der Waals surface area contributed by atoms with E-state index >= 15 is 13.2 Å². The molecule has 7 aromatic rings.